The van der Waals surface area contributed by atoms with Gasteiger partial charge in [-0.3, -0.25) is 4.79 Å². The number of hydrogen-bond acceptors (Lipinski definition) is 1. The highest BCUT2D eigenvalue weighted by molar-refractivity contribution is 6.21. The van der Waals surface area contributed by atoms with E-state index in [1.54, 1.807) is 0 Å². The first-order valence-corrected chi connectivity index (χ1v) is 6.14. The van der Waals surface area contributed by atoms with Gasteiger partial charge in [-0.2, -0.15) is 0 Å². The Kier molecular flexibility index (Phi) is 3.83. The quantitative estimate of drug-likeness (QED) is 0.783. The summed E-state index contributed by atoms with van der Waals surface area (Å²) < 4.78 is 0. The number of alkyl halides is 1. The lowest BCUT2D eigenvalue weighted by Crippen LogP contribution is -2.31. The Morgan fingerprint density at radius 3 is 2.69 bits per heavy atom. The maximum atomic E-state index is 11.6. The summed E-state index contributed by atoms with van der Waals surface area (Å²) in [5.41, 5.74) is 1.04. The second-order valence-electron chi connectivity index (χ2n) is 4.32. The first-order chi connectivity index (χ1) is 7.75. The van der Waals surface area contributed by atoms with Crippen LogP contribution in [0.1, 0.15) is 18.4 Å². The summed E-state index contributed by atoms with van der Waals surface area (Å²) in [4.78, 5) is 11.6. The number of carbonyl (C=O) groups excluding carboxylic acids is 1. The zero-order valence-electron chi connectivity index (χ0n) is 9.16. The highest BCUT2D eigenvalue weighted by Crippen LogP contribution is 2.35. The molecule has 0 aliphatic heterocycles. The minimum absolute atomic E-state index is 0.0532. The van der Waals surface area contributed by atoms with Gasteiger partial charge in [0.15, 0.2) is 0 Å². The maximum absolute atomic E-state index is 11.6. The smallest absolute Gasteiger partial charge is 0.224 e. The molecule has 1 fully saturated rings. The monoisotopic (exact) mass is 237 g/mol. The van der Waals surface area contributed by atoms with Gasteiger partial charge in [0.05, 0.1) is 11.8 Å². The molecule has 0 saturated heterocycles. The van der Waals surface area contributed by atoms with Crippen LogP contribution in [0.5, 0.6) is 0 Å². The summed E-state index contributed by atoms with van der Waals surface area (Å²) in [6, 6.07) is 9.74. The molecule has 16 heavy (non-hydrogen) atoms. The molecule has 1 aromatic rings. The van der Waals surface area contributed by atoms with Gasteiger partial charge in [0.1, 0.15) is 0 Å². The summed E-state index contributed by atoms with van der Waals surface area (Å²) in [5.74, 6) is 0.677. The van der Waals surface area contributed by atoms with Crippen molar-refractivity contribution in [3.63, 3.8) is 0 Å². The van der Waals surface area contributed by atoms with Crippen molar-refractivity contribution in [2.75, 3.05) is 6.54 Å². The molecule has 2 rings (SSSR count). The number of amides is 1. The maximum Gasteiger partial charge on any atom is 0.224 e. The molecular formula is C13H16ClNO. The largest absolute Gasteiger partial charge is 0.354 e. The average Bonchev–Trinajstić information content (AvgIpc) is 3.11. The van der Waals surface area contributed by atoms with Gasteiger partial charge in [0.2, 0.25) is 5.91 Å². The van der Waals surface area contributed by atoms with Crippen LogP contribution in [0.15, 0.2) is 30.3 Å². The van der Waals surface area contributed by atoms with Crippen LogP contribution in [0.3, 0.4) is 0 Å². The first kappa shape index (κ1) is 11.5. The fraction of sp³-hybridized carbons (Fsp3) is 0.462. The summed E-state index contributed by atoms with van der Waals surface area (Å²) >= 11 is 6.11. The van der Waals surface area contributed by atoms with Crippen molar-refractivity contribution in [2.24, 2.45) is 5.92 Å². The highest BCUT2D eigenvalue weighted by Gasteiger charge is 2.29. The Morgan fingerprint density at radius 2 is 2.06 bits per heavy atom. The molecule has 1 aromatic carbocycles. The van der Waals surface area contributed by atoms with E-state index in [1.807, 2.05) is 30.3 Å². The summed E-state index contributed by atoms with van der Waals surface area (Å²) in [6.45, 7) is 0.595. The van der Waals surface area contributed by atoms with Gasteiger partial charge in [-0.05, 0) is 24.3 Å². The molecule has 0 heterocycles. The molecule has 0 bridgehead atoms. The minimum Gasteiger partial charge on any atom is -0.354 e. The van der Waals surface area contributed by atoms with E-state index in [4.69, 9.17) is 11.6 Å². The average molecular weight is 238 g/mol. The lowest BCUT2D eigenvalue weighted by molar-refractivity contribution is -0.120. The molecule has 3 heteroatoms. The van der Waals surface area contributed by atoms with Crippen molar-refractivity contribution >= 4 is 17.5 Å². The van der Waals surface area contributed by atoms with E-state index in [9.17, 15) is 4.79 Å². The standard InChI is InChI=1S/C13H16ClNO/c14-12(11-6-7-11)9-15-13(16)8-10-4-2-1-3-5-10/h1-5,11-12H,6-9H2,(H,15,16). The molecule has 1 amide bonds. The zero-order chi connectivity index (χ0) is 11.4. The van der Waals surface area contributed by atoms with Crippen molar-refractivity contribution in [1.29, 1.82) is 0 Å². The lowest BCUT2D eigenvalue weighted by Gasteiger charge is -2.09. The Balaban J connectivity index is 1.72. The molecule has 1 unspecified atom stereocenters. The van der Waals surface area contributed by atoms with Crippen LogP contribution in [0.4, 0.5) is 0 Å². The van der Waals surface area contributed by atoms with Gasteiger partial charge in [-0.15, -0.1) is 11.6 Å². The number of hydrogen-bond donors (Lipinski definition) is 1. The molecule has 0 radical (unpaired) electrons. The molecule has 1 N–H and O–H groups in total. The Morgan fingerprint density at radius 1 is 1.38 bits per heavy atom. The topological polar surface area (TPSA) is 29.1 Å². The van der Waals surface area contributed by atoms with Gasteiger partial charge in [-0.25, -0.2) is 0 Å². The highest BCUT2D eigenvalue weighted by atomic mass is 35.5. The first-order valence-electron chi connectivity index (χ1n) is 5.70. The summed E-state index contributed by atoms with van der Waals surface area (Å²) in [5, 5.41) is 2.99. The zero-order valence-corrected chi connectivity index (χ0v) is 9.91. The molecule has 2 nitrogen and oxygen atoms in total. The number of carbonyl (C=O) groups is 1. The molecule has 0 aromatic heterocycles. The minimum atomic E-state index is 0.0532. The van der Waals surface area contributed by atoms with Crippen LogP contribution in [-0.2, 0) is 11.2 Å². The Bertz CT molecular complexity index is 348. The van der Waals surface area contributed by atoms with E-state index in [0.717, 1.165) is 5.56 Å². The van der Waals surface area contributed by atoms with Crippen LogP contribution in [0.2, 0.25) is 0 Å². The van der Waals surface area contributed by atoms with Crippen molar-refractivity contribution < 1.29 is 4.79 Å². The second-order valence-corrected chi connectivity index (χ2v) is 4.88. The van der Waals surface area contributed by atoms with E-state index >= 15 is 0 Å². The molecule has 1 aliphatic carbocycles. The normalized spacial score (nSPS) is 16.8. The predicted octanol–water partition coefficient (Wildman–Crippen LogP) is 2.36. The third-order valence-electron chi connectivity index (χ3n) is 2.84. The van der Waals surface area contributed by atoms with Crippen LogP contribution in [0, 0.1) is 5.92 Å². The fourth-order valence-corrected chi connectivity index (χ4v) is 2.01. The number of halogens is 1. The van der Waals surface area contributed by atoms with Crippen LogP contribution in [0.25, 0.3) is 0 Å². The molecule has 1 saturated carbocycles. The third kappa shape index (κ3) is 3.53. The predicted molar refractivity (Wildman–Crippen MR) is 65.5 cm³/mol. The Labute approximate surface area is 101 Å². The SMILES string of the molecule is O=C(Cc1ccccc1)NCC(Cl)C1CC1. The van der Waals surface area contributed by atoms with E-state index in [0.29, 0.717) is 18.9 Å². The molecule has 1 aliphatic rings. The summed E-state index contributed by atoms with van der Waals surface area (Å²) in [6.07, 6.45) is 2.86. The molecule has 0 spiro atoms. The second kappa shape index (κ2) is 5.35. The van der Waals surface area contributed by atoms with Crippen LogP contribution < -0.4 is 5.32 Å². The van der Waals surface area contributed by atoms with E-state index in [2.05, 4.69) is 5.32 Å². The van der Waals surface area contributed by atoms with E-state index in [1.165, 1.54) is 12.8 Å². The van der Waals surface area contributed by atoms with Gasteiger partial charge in [0, 0.05) is 6.54 Å². The molecular weight excluding hydrogens is 222 g/mol. The van der Waals surface area contributed by atoms with Gasteiger partial charge < -0.3 is 5.32 Å². The van der Waals surface area contributed by atoms with Crippen molar-refractivity contribution in [1.82, 2.24) is 5.32 Å². The van der Waals surface area contributed by atoms with E-state index < -0.39 is 0 Å². The van der Waals surface area contributed by atoms with Gasteiger partial charge in [-0.1, -0.05) is 30.3 Å². The number of nitrogens with one attached hydrogen (secondary N) is 1. The van der Waals surface area contributed by atoms with Crippen molar-refractivity contribution in [2.45, 2.75) is 24.6 Å². The Hall–Kier alpha value is -1.02. The summed E-state index contributed by atoms with van der Waals surface area (Å²) in [7, 11) is 0. The fourth-order valence-electron chi connectivity index (χ4n) is 1.68. The van der Waals surface area contributed by atoms with Crippen molar-refractivity contribution in [3.05, 3.63) is 35.9 Å². The van der Waals surface area contributed by atoms with Gasteiger partial charge >= 0.3 is 0 Å². The van der Waals surface area contributed by atoms with Gasteiger partial charge in [0.25, 0.3) is 0 Å². The lowest BCUT2D eigenvalue weighted by atomic mass is 10.1. The number of rotatable bonds is 5. The van der Waals surface area contributed by atoms with E-state index in [-0.39, 0.29) is 11.3 Å². The number of benzene rings is 1. The van der Waals surface area contributed by atoms with Crippen molar-refractivity contribution in [3.8, 4) is 0 Å². The van der Waals surface area contributed by atoms with Crippen LogP contribution in [-0.4, -0.2) is 17.8 Å². The molecule has 86 valence electrons. The van der Waals surface area contributed by atoms with Crippen LogP contribution >= 0.6 is 11.6 Å². The third-order valence-corrected chi connectivity index (χ3v) is 3.35. The molecule has 1 atom stereocenters.